The van der Waals surface area contributed by atoms with Crippen LogP contribution in [0.5, 0.6) is 5.75 Å². The Labute approximate surface area is 119 Å². The van der Waals surface area contributed by atoms with Crippen molar-refractivity contribution in [1.29, 1.82) is 0 Å². The summed E-state index contributed by atoms with van der Waals surface area (Å²) in [5.74, 6) is 0.748. The molecule has 1 atom stereocenters. The van der Waals surface area contributed by atoms with Gasteiger partial charge in [-0.3, -0.25) is 4.79 Å². The molecule has 0 aliphatic carbocycles. The maximum atomic E-state index is 12.4. The molecule has 20 heavy (non-hydrogen) atoms. The lowest BCUT2D eigenvalue weighted by atomic mass is 10.0. The van der Waals surface area contributed by atoms with E-state index < -0.39 is 5.60 Å². The van der Waals surface area contributed by atoms with Gasteiger partial charge < -0.3 is 20.1 Å². The van der Waals surface area contributed by atoms with Gasteiger partial charge in [0.25, 0.3) is 5.91 Å². The van der Waals surface area contributed by atoms with Gasteiger partial charge in [-0.15, -0.1) is 0 Å². The van der Waals surface area contributed by atoms with Crippen molar-refractivity contribution in [1.82, 2.24) is 0 Å². The van der Waals surface area contributed by atoms with E-state index in [1.807, 2.05) is 31.2 Å². The molecule has 2 N–H and O–H groups in total. The number of hydrogen-bond donors (Lipinski definition) is 1. The Morgan fingerprint density at radius 2 is 2.05 bits per heavy atom. The highest BCUT2D eigenvalue weighted by molar-refractivity contribution is 5.99. The summed E-state index contributed by atoms with van der Waals surface area (Å²) in [5, 5.41) is 0. The number of carbonyl (C=O) groups excluding carboxylic acids is 1. The lowest BCUT2D eigenvalue weighted by molar-refractivity contribution is -0.153. The second-order valence-corrected chi connectivity index (χ2v) is 5.33. The second-order valence-electron chi connectivity index (χ2n) is 5.33. The van der Waals surface area contributed by atoms with E-state index in [1.54, 1.807) is 18.7 Å². The zero-order valence-electron chi connectivity index (χ0n) is 12.3. The third-order valence-corrected chi connectivity index (χ3v) is 3.33. The Morgan fingerprint density at radius 3 is 2.60 bits per heavy atom. The average molecular weight is 278 g/mol. The monoisotopic (exact) mass is 278 g/mol. The molecule has 1 saturated heterocycles. The van der Waals surface area contributed by atoms with E-state index in [9.17, 15) is 4.79 Å². The van der Waals surface area contributed by atoms with Gasteiger partial charge in [-0.05, 0) is 45.0 Å². The molecule has 1 unspecified atom stereocenters. The van der Waals surface area contributed by atoms with Crippen LogP contribution in [0.2, 0.25) is 0 Å². The van der Waals surface area contributed by atoms with Crippen LogP contribution >= 0.6 is 0 Å². The lowest BCUT2D eigenvalue weighted by Crippen LogP contribution is -2.59. The number of amides is 1. The molecule has 1 aromatic rings. The van der Waals surface area contributed by atoms with Crippen molar-refractivity contribution in [2.75, 3.05) is 24.6 Å². The molecule has 5 heteroatoms. The van der Waals surface area contributed by atoms with Gasteiger partial charge in [0, 0.05) is 12.2 Å². The first-order valence-electron chi connectivity index (χ1n) is 6.90. The number of carbonyl (C=O) groups is 1. The minimum absolute atomic E-state index is 0.0497. The fourth-order valence-electron chi connectivity index (χ4n) is 2.35. The maximum absolute atomic E-state index is 12.4. The fourth-order valence-corrected chi connectivity index (χ4v) is 2.35. The van der Waals surface area contributed by atoms with E-state index in [1.165, 1.54) is 0 Å². The van der Waals surface area contributed by atoms with E-state index in [2.05, 4.69) is 0 Å². The number of rotatable bonds is 4. The standard InChI is InChI=1S/C15H22N2O3/c1-4-19-12-7-5-11(6-8-12)17-10-13(9-16)20-15(2,3)14(17)18/h5-8,13H,4,9-10,16H2,1-3H3. The smallest absolute Gasteiger partial charge is 0.258 e. The highest BCUT2D eigenvalue weighted by Crippen LogP contribution is 2.28. The second kappa shape index (κ2) is 5.81. The van der Waals surface area contributed by atoms with Crippen LogP contribution in [-0.2, 0) is 9.53 Å². The van der Waals surface area contributed by atoms with E-state index in [4.69, 9.17) is 15.2 Å². The Bertz CT molecular complexity index is 471. The molecule has 0 bridgehead atoms. The Morgan fingerprint density at radius 1 is 1.40 bits per heavy atom. The first kappa shape index (κ1) is 14.8. The van der Waals surface area contributed by atoms with Crippen molar-refractivity contribution in [2.24, 2.45) is 5.73 Å². The molecule has 1 heterocycles. The predicted octanol–water partition coefficient (Wildman–Crippen LogP) is 1.55. The van der Waals surface area contributed by atoms with Gasteiger partial charge in [-0.25, -0.2) is 0 Å². The van der Waals surface area contributed by atoms with Crippen LogP contribution < -0.4 is 15.4 Å². The third kappa shape index (κ3) is 2.94. The van der Waals surface area contributed by atoms with Crippen LogP contribution in [0.15, 0.2) is 24.3 Å². The number of morpholine rings is 1. The minimum Gasteiger partial charge on any atom is -0.494 e. The number of ether oxygens (including phenoxy) is 2. The van der Waals surface area contributed by atoms with Crippen molar-refractivity contribution in [3.63, 3.8) is 0 Å². The van der Waals surface area contributed by atoms with Crippen LogP contribution in [-0.4, -0.2) is 37.3 Å². The van der Waals surface area contributed by atoms with Gasteiger partial charge in [0.1, 0.15) is 11.4 Å². The van der Waals surface area contributed by atoms with Gasteiger partial charge >= 0.3 is 0 Å². The Kier molecular flexibility index (Phi) is 4.30. The molecular formula is C15H22N2O3. The largest absolute Gasteiger partial charge is 0.494 e. The molecule has 1 aliphatic rings. The minimum atomic E-state index is -0.846. The maximum Gasteiger partial charge on any atom is 0.258 e. The average Bonchev–Trinajstić information content (AvgIpc) is 2.43. The van der Waals surface area contributed by atoms with Crippen LogP contribution in [0.3, 0.4) is 0 Å². The number of anilines is 1. The van der Waals surface area contributed by atoms with E-state index in [0.717, 1.165) is 11.4 Å². The van der Waals surface area contributed by atoms with Crippen molar-refractivity contribution in [2.45, 2.75) is 32.5 Å². The molecule has 0 aromatic heterocycles. The Hall–Kier alpha value is -1.59. The number of benzene rings is 1. The van der Waals surface area contributed by atoms with Gasteiger partial charge in [-0.1, -0.05) is 0 Å². The first-order chi connectivity index (χ1) is 9.47. The SMILES string of the molecule is CCOc1ccc(N2CC(CN)OC(C)(C)C2=O)cc1. The molecule has 1 aromatic carbocycles. The third-order valence-electron chi connectivity index (χ3n) is 3.33. The van der Waals surface area contributed by atoms with E-state index >= 15 is 0 Å². The van der Waals surface area contributed by atoms with Gasteiger partial charge in [-0.2, -0.15) is 0 Å². The quantitative estimate of drug-likeness (QED) is 0.907. The molecule has 1 amide bonds. The molecule has 0 radical (unpaired) electrons. The summed E-state index contributed by atoms with van der Waals surface area (Å²) >= 11 is 0. The summed E-state index contributed by atoms with van der Waals surface area (Å²) in [6, 6.07) is 7.51. The topological polar surface area (TPSA) is 64.8 Å². The van der Waals surface area contributed by atoms with Gasteiger partial charge in [0.05, 0.1) is 19.3 Å². The van der Waals surface area contributed by atoms with Gasteiger partial charge in [0.2, 0.25) is 0 Å². The molecule has 1 fully saturated rings. The number of nitrogens with zero attached hydrogens (tertiary/aromatic N) is 1. The van der Waals surface area contributed by atoms with Crippen LogP contribution in [0, 0.1) is 0 Å². The van der Waals surface area contributed by atoms with Crippen molar-refractivity contribution >= 4 is 11.6 Å². The highest BCUT2D eigenvalue weighted by Gasteiger charge is 2.41. The predicted molar refractivity (Wildman–Crippen MR) is 78.0 cm³/mol. The zero-order chi connectivity index (χ0) is 14.8. The summed E-state index contributed by atoms with van der Waals surface area (Å²) in [7, 11) is 0. The first-order valence-corrected chi connectivity index (χ1v) is 6.90. The summed E-state index contributed by atoms with van der Waals surface area (Å²) < 4.78 is 11.1. The zero-order valence-corrected chi connectivity index (χ0v) is 12.3. The van der Waals surface area contributed by atoms with Crippen molar-refractivity contribution < 1.29 is 14.3 Å². The fraction of sp³-hybridized carbons (Fsp3) is 0.533. The van der Waals surface area contributed by atoms with Crippen LogP contribution in [0.4, 0.5) is 5.69 Å². The molecule has 0 saturated carbocycles. The molecule has 1 aliphatic heterocycles. The van der Waals surface area contributed by atoms with Crippen molar-refractivity contribution in [3.8, 4) is 5.75 Å². The lowest BCUT2D eigenvalue weighted by Gasteiger charge is -2.41. The van der Waals surface area contributed by atoms with Gasteiger partial charge in [0.15, 0.2) is 0 Å². The number of hydrogen-bond acceptors (Lipinski definition) is 4. The summed E-state index contributed by atoms with van der Waals surface area (Å²) in [6.07, 6.45) is -0.144. The normalized spacial score (nSPS) is 21.9. The molecule has 2 rings (SSSR count). The summed E-state index contributed by atoms with van der Waals surface area (Å²) in [5.41, 5.74) is 5.69. The summed E-state index contributed by atoms with van der Waals surface area (Å²) in [6.45, 7) is 6.99. The van der Waals surface area contributed by atoms with Crippen LogP contribution in [0.25, 0.3) is 0 Å². The molecular weight excluding hydrogens is 256 g/mol. The molecule has 5 nitrogen and oxygen atoms in total. The van der Waals surface area contributed by atoms with Crippen LogP contribution in [0.1, 0.15) is 20.8 Å². The molecule has 0 spiro atoms. The molecule has 110 valence electrons. The van der Waals surface area contributed by atoms with Crippen molar-refractivity contribution in [3.05, 3.63) is 24.3 Å². The highest BCUT2D eigenvalue weighted by atomic mass is 16.5. The summed E-state index contributed by atoms with van der Waals surface area (Å²) in [4.78, 5) is 14.2. The number of nitrogens with two attached hydrogens (primary N) is 1. The van der Waals surface area contributed by atoms with E-state index in [-0.39, 0.29) is 12.0 Å². The Balaban J connectivity index is 2.23. The van der Waals surface area contributed by atoms with E-state index in [0.29, 0.717) is 19.7 Å².